The fraction of sp³-hybridized carbons (Fsp3) is 0.458. The summed E-state index contributed by atoms with van der Waals surface area (Å²) in [6, 6.07) is 6.70. The summed E-state index contributed by atoms with van der Waals surface area (Å²) in [5.41, 5.74) is 3.58. The molecule has 1 aromatic heterocycles. The van der Waals surface area contributed by atoms with Crippen LogP contribution in [0.5, 0.6) is 0 Å². The Labute approximate surface area is 193 Å². The number of rotatable bonds is 8. The molecule has 0 bridgehead atoms. The molecule has 0 unspecified atom stereocenters. The molecule has 1 aliphatic heterocycles. The Balaban J connectivity index is 1.73. The standard InChI is InChI=1S/C24H31BrN4O2/c1-16(2)7-22-15-28(5-6-29(22)24-26-12-21(25)13-27-24)14-20-9-17(3)8-19(11-20)10-18(4)23(30)31/h8-9,11-13,16,22H,4-7,10,14-15H2,1-3H3,(H,30,31)/t22-/m1/s1. The van der Waals surface area contributed by atoms with Crippen LogP contribution in [0.2, 0.25) is 0 Å². The van der Waals surface area contributed by atoms with E-state index in [9.17, 15) is 4.79 Å². The van der Waals surface area contributed by atoms with E-state index in [0.29, 0.717) is 18.4 Å². The molecule has 2 heterocycles. The maximum Gasteiger partial charge on any atom is 0.331 e. The molecule has 0 radical (unpaired) electrons. The zero-order valence-electron chi connectivity index (χ0n) is 18.5. The van der Waals surface area contributed by atoms with Crippen molar-refractivity contribution in [3.05, 3.63) is 63.9 Å². The lowest BCUT2D eigenvalue weighted by Gasteiger charge is -2.42. The summed E-state index contributed by atoms with van der Waals surface area (Å²) >= 11 is 3.42. The molecule has 2 aromatic rings. The monoisotopic (exact) mass is 486 g/mol. The lowest BCUT2D eigenvalue weighted by atomic mass is 9.98. The van der Waals surface area contributed by atoms with E-state index in [1.54, 1.807) is 12.4 Å². The highest BCUT2D eigenvalue weighted by Crippen LogP contribution is 2.24. The predicted octanol–water partition coefficient (Wildman–Crippen LogP) is 4.47. The van der Waals surface area contributed by atoms with Gasteiger partial charge in [0.15, 0.2) is 0 Å². The first kappa shape index (κ1) is 23.4. The van der Waals surface area contributed by atoms with Crippen LogP contribution in [0, 0.1) is 12.8 Å². The smallest absolute Gasteiger partial charge is 0.331 e. The van der Waals surface area contributed by atoms with E-state index in [1.165, 1.54) is 5.56 Å². The summed E-state index contributed by atoms with van der Waals surface area (Å²) in [4.78, 5) is 25.0. The topological polar surface area (TPSA) is 69.6 Å². The molecule has 1 aliphatic rings. The van der Waals surface area contributed by atoms with Crippen molar-refractivity contribution in [3.8, 4) is 0 Å². The van der Waals surface area contributed by atoms with Crippen molar-refractivity contribution in [2.45, 2.75) is 46.2 Å². The number of aliphatic carboxylic acids is 1. The third-order valence-electron chi connectivity index (χ3n) is 5.50. The molecule has 1 saturated heterocycles. The molecule has 7 heteroatoms. The van der Waals surface area contributed by atoms with Crippen molar-refractivity contribution in [1.29, 1.82) is 0 Å². The van der Waals surface area contributed by atoms with Gasteiger partial charge >= 0.3 is 5.97 Å². The molecule has 0 spiro atoms. The highest BCUT2D eigenvalue weighted by molar-refractivity contribution is 9.10. The highest BCUT2D eigenvalue weighted by Gasteiger charge is 2.29. The number of nitrogens with zero attached hydrogens (tertiary/aromatic N) is 4. The number of aryl methyl sites for hydroxylation is 1. The van der Waals surface area contributed by atoms with Crippen molar-refractivity contribution in [1.82, 2.24) is 14.9 Å². The fourth-order valence-corrected chi connectivity index (χ4v) is 4.45. The average molecular weight is 487 g/mol. The summed E-state index contributed by atoms with van der Waals surface area (Å²) in [5.74, 6) is 0.430. The van der Waals surface area contributed by atoms with Gasteiger partial charge in [0.05, 0.1) is 4.47 Å². The van der Waals surface area contributed by atoms with E-state index in [1.807, 2.05) is 6.07 Å². The van der Waals surface area contributed by atoms with Crippen LogP contribution in [0.25, 0.3) is 0 Å². The SMILES string of the molecule is C=C(Cc1cc(C)cc(CN2CCN(c3ncc(Br)cn3)[C@H](CC(C)C)C2)c1)C(=O)O. The second kappa shape index (κ2) is 10.4. The first-order valence-electron chi connectivity index (χ1n) is 10.7. The maximum absolute atomic E-state index is 11.2. The van der Waals surface area contributed by atoms with E-state index in [-0.39, 0.29) is 5.57 Å². The van der Waals surface area contributed by atoms with Gasteiger partial charge in [0.25, 0.3) is 0 Å². The maximum atomic E-state index is 11.2. The van der Waals surface area contributed by atoms with Crippen molar-refractivity contribution >= 4 is 27.8 Å². The minimum atomic E-state index is -0.939. The Kier molecular flexibility index (Phi) is 7.84. The number of carbonyl (C=O) groups is 1. The molecule has 0 aliphatic carbocycles. The molecule has 6 nitrogen and oxygen atoms in total. The first-order valence-corrected chi connectivity index (χ1v) is 11.5. The van der Waals surface area contributed by atoms with Crippen LogP contribution in [0.1, 0.15) is 37.0 Å². The number of carboxylic acid groups (broad SMARTS) is 1. The molecule has 1 N–H and O–H groups in total. The van der Waals surface area contributed by atoms with Crippen molar-refractivity contribution in [2.75, 3.05) is 24.5 Å². The molecule has 1 atom stereocenters. The van der Waals surface area contributed by atoms with Crippen LogP contribution in [0.4, 0.5) is 5.95 Å². The van der Waals surface area contributed by atoms with Crippen LogP contribution in [-0.4, -0.2) is 51.6 Å². The number of hydrogen-bond acceptors (Lipinski definition) is 5. The second-order valence-electron chi connectivity index (χ2n) is 8.83. The second-order valence-corrected chi connectivity index (χ2v) is 9.74. The third-order valence-corrected chi connectivity index (χ3v) is 5.91. The number of aromatic nitrogens is 2. The Hall–Kier alpha value is -2.25. The number of hydrogen-bond donors (Lipinski definition) is 1. The average Bonchev–Trinajstić information content (AvgIpc) is 2.68. The molecule has 1 fully saturated rings. The Morgan fingerprint density at radius 1 is 1.23 bits per heavy atom. The first-order chi connectivity index (χ1) is 14.7. The van der Waals surface area contributed by atoms with Gasteiger partial charge in [0, 0.05) is 56.6 Å². The van der Waals surface area contributed by atoms with Crippen molar-refractivity contribution in [3.63, 3.8) is 0 Å². The summed E-state index contributed by atoms with van der Waals surface area (Å²) in [7, 11) is 0. The van der Waals surface area contributed by atoms with Crippen LogP contribution in [0.3, 0.4) is 0 Å². The van der Waals surface area contributed by atoms with Crippen LogP contribution in [-0.2, 0) is 17.8 Å². The van der Waals surface area contributed by atoms with Gasteiger partial charge < -0.3 is 10.0 Å². The minimum absolute atomic E-state index is 0.219. The normalized spacial score (nSPS) is 17.2. The third kappa shape index (κ3) is 6.61. The Morgan fingerprint density at radius 3 is 2.55 bits per heavy atom. The molecule has 166 valence electrons. The van der Waals surface area contributed by atoms with Crippen LogP contribution < -0.4 is 4.90 Å². The van der Waals surface area contributed by atoms with E-state index in [4.69, 9.17) is 5.11 Å². The van der Waals surface area contributed by atoms with Gasteiger partial charge in [-0.3, -0.25) is 4.90 Å². The van der Waals surface area contributed by atoms with Gasteiger partial charge in [0.1, 0.15) is 0 Å². The quantitative estimate of drug-likeness (QED) is 0.555. The molecule has 1 aromatic carbocycles. The number of piperazine rings is 1. The molecular weight excluding hydrogens is 456 g/mol. The highest BCUT2D eigenvalue weighted by atomic mass is 79.9. The van der Waals surface area contributed by atoms with Crippen LogP contribution in [0.15, 0.2) is 47.2 Å². The predicted molar refractivity (Wildman–Crippen MR) is 127 cm³/mol. The van der Waals surface area contributed by atoms with Gasteiger partial charge in [-0.2, -0.15) is 0 Å². The molecule has 3 rings (SSSR count). The van der Waals surface area contributed by atoms with Crippen molar-refractivity contribution in [2.24, 2.45) is 5.92 Å². The van der Waals surface area contributed by atoms with E-state index >= 15 is 0 Å². The van der Waals surface area contributed by atoms with Gasteiger partial charge in [-0.05, 0) is 46.3 Å². The molecule has 0 saturated carbocycles. The zero-order chi connectivity index (χ0) is 22.5. The molecule has 31 heavy (non-hydrogen) atoms. The van der Waals surface area contributed by atoms with Gasteiger partial charge in [-0.25, -0.2) is 14.8 Å². The summed E-state index contributed by atoms with van der Waals surface area (Å²) in [5, 5.41) is 9.15. The molecule has 0 amide bonds. The summed E-state index contributed by atoms with van der Waals surface area (Å²) < 4.78 is 0.885. The number of anilines is 1. The van der Waals surface area contributed by atoms with E-state index in [2.05, 4.69) is 75.2 Å². The fourth-order valence-electron chi connectivity index (χ4n) is 4.25. The van der Waals surface area contributed by atoms with Gasteiger partial charge in [-0.1, -0.05) is 44.2 Å². The van der Waals surface area contributed by atoms with E-state index in [0.717, 1.165) is 54.1 Å². The number of halogens is 1. The summed E-state index contributed by atoms with van der Waals surface area (Å²) in [6.45, 7) is 13.8. The summed E-state index contributed by atoms with van der Waals surface area (Å²) in [6.07, 6.45) is 5.06. The minimum Gasteiger partial charge on any atom is -0.478 e. The number of benzene rings is 1. The number of carboxylic acids is 1. The van der Waals surface area contributed by atoms with E-state index < -0.39 is 5.97 Å². The molecular formula is C24H31BrN4O2. The lowest BCUT2D eigenvalue weighted by molar-refractivity contribution is -0.132. The Bertz CT molecular complexity index is 930. The lowest BCUT2D eigenvalue weighted by Crippen LogP contribution is -2.54. The van der Waals surface area contributed by atoms with Crippen LogP contribution >= 0.6 is 15.9 Å². The van der Waals surface area contributed by atoms with Gasteiger partial charge in [0.2, 0.25) is 5.95 Å². The van der Waals surface area contributed by atoms with Crippen molar-refractivity contribution < 1.29 is 9.90 Å². The largest absolute Gasteiger partial charge is 0.478 e. The zero-order valence-corrected chi connectivity index (χ0v) is 20.1. The Morgan fingerprint density at radius 2 is 1.90 bits per heavy atom. The van der Waals surface area contributed by atoms with Gasteiger partial charge in [-0.15, -0.1) is 0 Å².